The number of ether oxygens (including phenoxy) is 2. The largest absolute Gasteiger partial charge is 0.494 e. The highest BCUT2D eigenvalue weighted by molar-refractivity contribution is 6.22. The van der Waals surface area contributed by atoms with Gasteiger partial charge in [0.2, 0.25) is 5.91 Å². The fourth-order valence-electron chi connectivity index (χ4n) is 5.56. The Morgan fingerprint density at radius 3 is 2.39 bits per heavy atom. The molecule has 1 fully saturated rings. The van der Waals surface area contributed by atoms with Crippen LogP contribution in [0.25, 0.3) is 10.9 Å². The van der Waals surface area contributed by atoms with Gasteiger partial charge in [-0.1, -0.05) is 24.3 Å². The Kier molecular flexibility index (Phi) is 7.87. The Morgan fingerprint density at radius 2 is 1.68 bits per heavy atom. The van der Waals surface area contributed by atoms with Gasteiger partial charge in [0.15, 0.2) is 5.88 Å². The van der Waals surface area contributed by atoms with Crippen LogP contribution in [0.4, 0.5) is 18.9 Å². The van der Waals surface area contributed by atoms with Crippen molar-refractivity contribution >= 4 is 34.2 Å². The third-order valence-electron chi connectivity index (χ3n) is 7.89. The second-order valence-electron chi connectivity index (χ2n) is 10.7. The number of alkyl halides is 3. The number of rotatable bonds is 6. The first-order chi connectivity index (χ1) is 21.1. The molecule has 2 aliphatic heterocycles. The zero-order valence-corrected chi connectivity index (χ0v) is 23.8. The number of H-pyrrole nitrogens is 1. The highest BCUT2D eigenvalue weighted by atomic mass is 19.4. The van der Waals surface area contributed by atoms with Gasteiger partial charge in [-0.25, -0.2) is 9.79 Å². The number of methoxy groups -OCH3 is 1. The van der Waals surface area contributed by atoms with Gasteiger partial charge in [-0.2, -0.15) is 13.2 Å². The summed E-state index contributed by atoms with van der Waals surface area (Å²) < 4.78 is 50.2. The van der Waals surface area contributed by atoms with Crippen molar-refractivity contribution in [3.8, 4) is 5.88 Å². The number of aromatic nitrogens is 1. The molecule has 3 aromatic carbocycles. The molecule has 0 spiro atoms. The SMILES string of the molecule is COC(=O)c1ccc2c(C(=Nc3ccc4c(c3)CN(C(=O)CN3CCOCC3)C4)c3ccc(C(F)(F)F)cc3)c(O)[nH]c2c1. The summed E-state index contributed by atoms with van der Waals surface area (Å²) in [4.78, 5) is 36.6. The molecule has 1 saturated heterocycles. The number of nitrogens with zero attached hydrogens (tertiary/aromatic N) is 3. The number of esters is 1. The lowest BCUT2D eigenvalue weighted by Crippen LogP contribution is -2.43. The molecule has 3 heterocycles. The summed E-state index contributed by atoms with van der Waals surface area (Å²) in [5.74, 6) is -0.801. The second-order valence-corrected chi connectivity index (χ2v) is 10.7. The monoisotopic (exact) mass is 606 g/mol. The minimum absolute atomic E-state index is 0.0219. The number of hydrogen-bond acceptors (Lipinski definition) is 7. The average molecular weight is 607 g/mol. The number of halogens is 3. The highest BCUT2D eigenvalue weighted by Gasteiger charge is 2.31. The minimum atomic E-state index is -4.52. The number of aromatic amines is 1. The summed E-state index contributed by atoms with van der Waals surface area (Å²) >= 11 is 0. The summed E-state index contributed by atoms with van der Waals surface area (Å²) in [6, 6.07) is 14.7. The first-order valence-electron chi connectivity index (χ1n) is 14.0. The van der Waals surface area contributed by atoms with Gasteiger partial charge in [0.1, 0.15) is 0 Å². The van der Waals surface area contributed by atoms with Crippen molar-refractivity contribution < 1.29 is 37.3 Å². The molecule has 0 saturated carbocycles. The molecule has 9 nitrogen and oxygen atoms in total. The van der Waals surface area contributed by atoms with Crippen LogP contribution in [0.15, 0.2) is 65.7 Å². The molecular weight excluding hydrogens is 577 g/mol. The van der Waals surface area contributed by atoms with Crippen LogP contribution in [0.5, 0.6) is 5.88 Å². The van der Waals surface area contributed by atoms with Crippen LogP contribution in [-0.2, 0) is 33.5 Å². The van der Waals surface area contributed by atoms with Gasteiger partial charge in [-0.05, 0) is 47.5 Å². The lowest BCUT2D eigenvalue weighted by molar-refractivity contribution is -0.137. The van der Waals surface area contributed by atoms with E-state index >= 15 is 0 Å². The van der Waals surface area contributed by atoms with E-state index < -0.39 is 17.7 Å². The normalized spacial score (nSPS) is 15.9. The molecule has 1 aromatic heterocycles. The molecule has 0 aliphatic carbocycles. The predicted molar refractivity (Wildman–Crippen MR) is 156 cm³/mol. The molecule has 4 aromatic rings. The predicted octanol–water partition coefficient (Wildman–Crippen LogP) is 5.02. The second kappa shape index (κ2) is 11.8. The van der Waals surface area contributed by atoms with E-state index in [1.807, 2.05) is 12.1 Å². The summed E-state index contributed by atoms with van der Waals surface area (Å²) in [6.45, 7) is 3.83. The van der Waals surface area contributed by atoms with Crippen LogP contribution in [0.1, 0.15) is 38.2 Å². The maximum absolute atomic E-state index is 13.3. The van der Waals surface area contributed by atoms with E-state index in [1.54, 1.807) is 17.0 Å². The number of morpholine rings is 1. The van der Waals surface area contributed by atoms with Crippen molar-refractivity contribution in [3.05, 3.63) is 94.0 Å². The van der Waals surface area contributed by atoms with Gasteiger partial charge in [0, 0.05) is 42.6 Å². The van der Waals surface area contributed by atoms with Gasteiger partial charge in [0.05, 0.1) is 55.0 Å². The van der Waals surface area contributed by atoms with E-state index in [2.05, 4.69) is 9.88 Å². The van der Waals surface area contributed by atoms with Crippen molar-refractivity contribution in [3.63, 3.8) is 0 Å². The number of aliphatic imine (C=N–C) groups is 1. The summed E-state index contributed by atoms with van der Waals surface area (Å²) in [7, 11) is 1.26. The highest BCUT2D eigenvalue weighted by Crippen LogP contribution is 2.35. The molecule has 12 heteroatoms. The third kappa shape index (κ3) is 5.90. The van der Waals surface area contributed by atoms with Crippen LogP contribution >= 0.6 is 0 Å². The smallest absolute Gasteiger partial charge is 0.416 e. The van der Waals surface area contributed by atoms with Crippen LogP contribution in [0.2, 0.25) is 0 Å². The molecular formula is C32H29F3N4O5. The molecule has 0 bridgehead atoms. The van der Waals surface area contributed by atoms with Crippen LogP contribution in [0, 0.1) is 0 Å². The summed E-state index contributed by atoms with van der Waals surface area (Å²) in [6.07, 6.45) is -4.52. The average Bonchev–Trinajstić information content (AvgIpc) is 3.59. The van der Waals surface area contributed by atoms with E-state index in [4.69, 9.17) is 14.5 Å². The number of amides is 1. The topological polar surface area (TPSA) is 107 Å². The standard InChI is InChI=1S/C32H29F3N4O5/c1-43-31(42)20-5-9-25-26(15-20)37-30(41)28(25)29(19-2-6-23(7-3-19)32(33,34)35)36-24-8-4-21-16-39(17-22(21)14-24)27(40)18-38-10-12-44-13-11-38/h2-9,14-15,37,41H,10-13,16-18H2,1H3. The van der Waals surface area contributed by atoms with Gasteiger partial charge >= 0.3 is 12.1 Å². The fourth-order valence-corrected chi connectivity index (χ4v) is 5.56. The van der Waals surface area contributed by atoms with Gasteiger partial charge in [0.25, 0.3) is 0 Å². The first kappa shape index (κ1) is 29.4. The van der Waals surface area contributed by atoms with Gasteiger partial charge < -0.3 is 24.5 Å². The zero-order chi connectivity index (χ0) is 31.0. The molecule has 0 unspecified atom stereocenters. The van der Waals surface area contributed by atoms with E-state index in [0.717, 1.165) is 23.3 Å². The molecule has 6 rings (SSSR count). The van der Waals surface area contributed by atoms with Crippen molar-refractivity contribution in [2.75, 3.05) is 40.0 Å². The molecule has 2 aliphatic rings. The molecule has 0 atom stereocenters. The van der Waals surface area contributed by atoms with Crippen LogP contribution in [0.3, 0.4) is 0 Å². The van der Waals surface area contributed by atoms with E-state index in [0.29, 0.717) is 68.1 Å². The number of fused-ring (bicyclic) bond motifs is 2. The van der Waals surface area contributed by atoms with Crippen molar-refractivity contribution in [1.29, 1.82) is 0 Å². The number of nitrogens with one attached hydrogen (secondary N) is 1. The number of hydrogen-bond donors (Lipinski definition) is 2. The molecule has 44 heavy (non-hydrogen) atoms. The Balaban J connectivity index is 1.36. The quantitative estimate of drug-likeness (QED) is 0.236. The third-order valence-corrected chi connectivity index (χ3v) is 7.89. The van der Waals surface area contributed by atoms with Crippen LogP contribution < -0.4 is 0 Å². The summed E-state index contributed by atoms with van der Waals surface area (Å²) in [5.41, 5.74) is 3.10. The first-order valence-corrected chi connectivity index (χ1v) is 14.0. The lowest BCUT2D eigenvalue weighted by Gasteiger charge is -2.27. The minimum Gasteiger partial charge on any atom is -0.494 e. The van der Waals surface area contributed by atoms with E-state index in [1.165, 1.54) is 31.4 Å². The zero-order valence-electron chi connectivity index (χ0n) is 23.8. The Morgan fingerprint density at radius 1 is 0.977 bits per heavy atom. The fraction of sp³-hybridized carbons (Fsp3) is 0.281. The molecule has 0 radical (unpaired) electrons. The number of carbonyl (C=O) groups excluding carboxylic acids is 2. The van der Waals surface area contributed by atoms with Gasteiger partial charge in [-0.3, -0.25) is 9.69 Å². The Bertz CT molecular complexity index is 1760. The van der Waals surface area contributed by atoms with Crippen molar-refractivity contribution in [2.24, 2.45) is 4.99 Å². The van der Waals surface area contributed by atoms with Crippen molar-refractivity contribution in [1.82, 2.24) is 14.8 Å². The number of aromatic hydroxyl groups is 1. The molecule has 2 N–H and O–H groups in total. The van der Waals surface area contributed by atoms with Crippen LogP contribution in [-0.4, -0.2) is 77.4 Å². The van der Waals surface area contributed by atoms with Crippen molar-refractivity contribution in [2.45, 2.75) is 19.3 Å². The number of carbonyl (C=O) groups is 2. The van der Waals surface area contributed by atoms with Gasteiger partial charge in [-0.15, -0.1) is 0 Å². The van der Waals surface area contributed by atoms with E-state index in [9.17, 15) is 27.9 Å². The molecule has 1 amide bonds. The lowest BCUT2D eigenvalue weighted by atomic mass is 9.98. The number of benzene rings is 3. The Hall–Kier alpha value is -4.68. The maximum atomic E-state index is 13.3. The Labute approximate surface area is 250 Å². The molecule has 228 valence electrons. The summed E-state index contributed by atoms with van der Waals surface area (Å²) in [5, 5.41) is 11.5. The van der Waals surface area contributed by atoms with E-state index in [-0.39, 0.29) is 28.6 Å². The maximum Gasteiger partial charge on any atom is 0.416 e.